The van der Waals surface area contributed by atoms with Crippen LogP contribution in [0, 0.1) is 23.0 Å². The monoisotopic (exact) mass is 266 g/mol. The van der Waals surface area contributed by atoms with Gasteiger partial charge in [0.2, 0.25) is 0 Å². The van der Waals surface area contributed by atoms with Crippen LogP contribution in [-0.4, -0.2) is 28.6 Å². The van der Waals surface area contributed by atoms with Crippen molar-refractivity contribution in [2.75, 3.05) is 6.61 Å². The van der Waals surface area contributed by atoms with E-state index in [9.17, 15) is 14.9 Å². The molecule has 0 fully saturated rings. The van der Waals surface area contributed by atoms with E-state index in [1.54, 1.807) is 6.92 Å². The third kappa shape index (κ3) is 3.75. The van der Waals surface area contributed by atoms with Crippen LogP contribution in [0.5, 0.6) is 0 Å². The molecule has 1 rings (SSSR count). The van der Waals surface area contributed by atoms with Crippen molar-refractivity contribution in [1.82, 2.24) is 5.32 Å². The zero-order chi connectivity index (χ0) is 14.6. The molecule has 1 amide bonds. The second kappa shape index (κ2) is 6.29. The summed E-state index contributed by atoms with van der Waals surface area (Å²) in [6.45, 7) is 5.19. The highest BCUT2D eigenvalue weighted by molar-refractivity contribution is 5.95. The van der Waals surface area contributed by atoms with Gasteiger partial charge in [-0.25, -0.2) is 0 Å². The van der Waals surface area contributed by atoms with Gasteiger partial charge in [-0.3, -0.25) is 14.9 Å². The number of aliphatic hydroxyl groups is 1. The number of aliphatic hydroxyl groups excluding tert-OH is 1. The summed E-state index contributed by atoms with van der Waals surface area (Å²) in [5.74, 6) is -0.342. The Morgan fingerprint density at radius 3 is 2.58 bits per heavy atom. The van der Waals surface area contributed by atoms with Gasteiger partial charge in [-0.2, -0.15) is 0 Å². The Bertz CT molecular complexity index is 486. The van der Waals surface area contributed by atoms with Crippen molar-refractivity contribution in [2.24, 2.45) is 5.92 Å². The molecule has 0 saturated carbocycles. The van der Waals surface area contributed by atoms with Gasteiger partial charge in [0.05, 0.1) is 17.6 Å². The number of hydrogen-bond donors (Lipinski definition) is 2. The molecule has 1 unspecified atom stereocenters. The first-order chi connectivity index (χ1) is 8.86. The zero-order valence-electron chi connectivity index (χ0n) is 11.2. The number of nitrogens with one attached hydrogen (secondary N) is 1. The van der Waals surface area contributed by atoms with Crippen molar-refractivity contribution in [1.29, 1.82) is 0 Å². The molecule has 0 saturated heterocycles. The third-order valence-electron chi connectivity index (χ3n) is 2.99. The van der Waals surface area contributed by atoms with Crippen LogP contribution in [-0.2, 0) is 0 Å². The van der Waals surface area contributed by atoms with E-state index >= 15 is 0 Å². The number of hydrogen-bond acceptors (Lipinski definition) is 4. The van der Waals surface area contributed by atoms with Crippen molar-refractivity contribution in [3.05, 3.63) is 39.4 Å². The van der Waals surface area contributed by atoms with E-state index in [0.717, 1.165) is 0 Å². The minimum absolute atomic E-state index is 0.0781. The molecule has 0 heterocycles. The van der Waals surface area contributed by atoms with Gasteiger partial charge in [0.25, 0.3) is 11.6 Å². The van der Waals surface area contributed by atoms with Gasteiger partial charge in [-0.05, 0) is 18.9 Å². The maximum Gasteiger partial charge on any atom is 0.273 e. The first kappa shape index (κ1) is 15.1. The molecular formula is C13H18N2O4. The Morgan fingerprint density at radius 2 is 2.11 bits per heavy atom. The Balaban J connectivity index is 2.94. The fraction of sp³-hybridized carbons (Fsp3) is 0.462. The lowest BCUT2D eigenvalue weighted by Gasteiger charge is -2.19. The minimum atomic E-state index is -0.516. The highest BCUT2D eigenvalue weighted by Crippen LogP contribution is 2.19. The maximum atomic E-state index is 12.0. The average molecular weight is 266 g/mol. The lowest BCUT2D eigenvalue weighted by molar-refractivity contribution is -0.385. The Hall–Kier alpha value is -1.95. The Morgan fingerprint density at radius 1 is 1.47 bits per heavy atom. The SMILES string of the molecule is Cc1ccc(C(=O)NC(CO)C(C)C)cc1[N+](=O)[O-]. The van der Waals surface area contributed by atoms with Crippen LogP contribution in [0.1, 0.15) is 29.8 Å². The summed E-state index contributed by atoms with van der Waals surface area (Å²) < 4.78 is 0. The number of rotatable bonds is 5. The molecule has 2 N–H and O–H groups in total. The lowest BCUT2D eigenvalue weighted by atomic mass is 10.0. The van der Waals surface area contributed by atoms with Crippen molar-refractivity contribution in [3.63, 3.8) is 0 Å². The molecule has 6 nitrogen and oxygen atoms in total. The van der Waals surface area contributed by atoms with Gasteiger partial charge in [-0.15, -0.1) is 0 Å². The number of amides is 1. The molecule has 104 valence electrons. The predicted octanol–water partition coefficient (Wildman–Crippen LogP) is 1.65. The summed E-state index contributed by atoms with van der Waals surface area (Å²) >= 11 is 0. The van der Waals surface area contributed by atoms with Crippen molar-refractivity contribution < 1.29 is 14.8 Å². The normalized spacial score (nSPS) is 12.3. The van der Waals surface area contributed by atoms with E-state index < -0.39 is 10.8 Å². The quantitative estimate of drug-likeness (QED) is 0.626. The first-order valence-electron chi connectivity index (χ1n) is 6.03. The largest absolute Gasteiger partial charge is 0.394 e. The topological polar surface area (TPSA) is 92.5 Å². The lowest BCUT2D eigenvalue weighted by Crippen LogP contribution is -2.41. The zero-order valence-corrected chi connectivity index (χ0v) is 11.2. The van der Waals surface area contributed by atoms with Crippen LogP contribution < -0.4 is 5.32 Å². The summed E-state index contributed by atoms with van der Waals surface area (Å²) in [5.41, 5.74) is 0.637. The number of nitro benzene ring substituents is 1. The number of nitrogens with zero attached hydrogens (tertiary/aromatic N) is 1. The molecule has 0 bridgehead atoms. The fourth-order valence-corrected chi connectivity index (χ4v) is 1.62. The van der Waals surface area contributed by atoms with Crippen LogP contribution in [0.4, 0.5) is 5.69 Å². The molecule has 0 aliphatic carbocycles. The number of carbonyl (C=O) groups is 1. The van der Waals surface area contributed by atoms with Crippen molar-refractivity contribution >= 4 is 11.6 Å². The fourth-order valence-electron chi connectivity index (χ4n) is 1.62. The Labute approximate surface area is 111 Å². The molecule has 1 aromatic carbocycles. The van der Waals surface area contributed by atoms with Crippen LogP contribution >= 0.6 is 0 Å². The van der Waals surface area contributed by atoms with Gasteiger partial charge >= 0.3 is 0 Å². The summed E-state index contributed by atoms with van der Waals surface area (Å²) in [5, 5.41) is 22.6. The second-order valence-electron chi connectivity index (χ2n) is 4.76. The molecule has 0 aliphatic heterocycles. The first-order valence-corrected chi connectivity index (χ1v) is 6.03. The van der Waals surface area contributed by atoms with Crippen molar-refractivity contribution in [3.8, 4) is 0 Å². The van der Waals surface area contributed by atoms with E-state index in [1.807, 2.05) is 13.8 Å². The summed E-state index contributed by atoms with van der Waals surface area (Å²) in [7, 11) is 0. The molecule has 0 radical (unpaired) electrons. The number of aryl methyl sites for hydroxylation is 1. The van der Waals surface area contributed by atoms with Crippen LogP contribution in [0.3, 0.4) is 0 Å². The van der Waals surface area contributed by atoms with Crippen LogP contribution in [0.2, 0.25) is 0 Å². The molecule has 0 aliphatic rings. The molecular weight excluding hydrogens is 248 g/mol. The van der Waals surface area contributed by atoms with Gasteiger partial charge in [0.15, 0.2) is 0 Å². The molecule has 19 heavy (non-hydrogen) atoms. The molecule has 6 heteroatoms. The van der Waals surface area contributed by atoms with Gasteiger partial charge in [-0.1, -0.05) is 19.9 Å². The van der Waals surface area contributed by atoms with E-state index in [-0.39, 0.29) is 29.8 Å². The predicted molar refractivity (Wildman–Crippen MR) is 71.0 cm³/mol. The highest BCUT2D eigenvalue weighted by atomic mass is 16.6. The third-order valence-corrected chi connectivity index (χ3v) is 2.99. The smallest absolute Gasteiger partial charge is 0.273 e. The standard InChI is InChI=1S/C13H18N2O4/c1-8(2)11(7-16)14-13(17)10-5-4-9(3)12(6-10)15(18)19/h4-6,8,11,16H,7H2,1-3H3,(H,14,17). The molecule has 0 aromatic heterocycles. The van der Waals surface area contributed by atoms with E-state index in [4.69, 9.17) is 5.11 Å². The summed E-state index contributed by atoms with van der Waals surface area (Å²) in [4.78, 5) is 22.3. The average Bonchev–Trinajstić information content (AvgIpc) is 2.35. The highest BCUT2D eigenvalue weighted by Gasteiger charge is 2.19. The van der Waals surface area contributed by atoms with E-state index in [2.05, 4.69) is 5.32 Å². The number of nitro groups is 1. The summed E-state index contributed by atoms with van der Waals surface area (Å²) in [6, 6.07) is 3.95. The van der Waals surface area contributed by atoms with Crippen molar-refractivity contribution in [2.45, 2.75) is 26.8 Å². The molecule has 1 atom stereocenters. The minimum Gasteiger partial charge on any atom is -0.394 e. The second-order valence-corrected chi connectivity index (χ2v) is 4.76. The molecule has 0 spiro atoms. The van der Waals surface area contributed by atoms with Gasteiger partial charge in [0.1, 0.15) is 0 Å². The van der Waals surface area contributed by atoms with Crippen LogP contribution in [0.15, 0.2) is 18.2 Å². The molecule has 1 aromatic rings. The number of carbonyl (C=O) groups excluding carboxylic acids is 1. The van der Waals surface area contributed by atoms with Crippen LogP contribution in [0.25, 0.3) is 0 Å². The van der Waals surface area contributed by atoms with E-state index in [1.165, 1.54) is 18.2 Å². The maximum absolute atomic E-state index is 12.0. The Kier molecular flexibility index (Phi) is 5.00. The summed E-state index contributed by atoms with van der Waals surface area (Å²) in [6.07, 6.45) is 0. The van der Waals surface area contributed by atoms with E-state index in [0.29, 0.717) is 5.56 Å². The van der Waals surface area contributed by atoms with Gasteiger partial charge < -0.3 is 10.4 Å². The van der Waals surface area contributed by atoms with Gasteiger partial charge in [0, 0.05) is 17.2 Å². The number of benzene rings is 1.